The highest BCUT2D eigenvalue weighted by Crippen LogP contribution is 2.32. The Labute approximate surface area is 114 Å². The van der Waals surface area contributed by atoms with Crippen LogP contribution in [0.4, 0.5) is 0 Å². The summed E-state index contributed by atoms with van der Waals surface area (Å²) < 4.78 is 0. The molecule has 0 aromatic carbocycles. The zero-order valence-electron chi connectivity index (χ0n) is 12.7. The lowest BCUT2D eigenvalue weighted by molar-refractivity contribution is 0.149. The van der Waals surface area contributed by atoms with Crippen molar-refractivity contribution in [2.24, 2.45) is 11.3 Å². The summed E-state index contributed by atoms with van der Waals surface area (Å²) in [6, 6.07) is 0.847. The number of rotatable bonds is 10. The van der Waals surface area contributed by atoms with E-state index < -0.39 is 0 Å². The van der Waals surface area contributed by atoms with Gasteiger partial charge in [0, 0.05) is 25.7 Å². The topological polar surface area (TPSA) is 15.3 Å². The van der Waals surface area contributed by atoms with Crippen molar-refractivity contribution in [1.29, 1.82) is 0 Å². The second-order valence-electron chi connectivity index (χ2n) is 6.99. The molecule has 1 N–H and O–H groups in total. The minimum Gasteiger partial charge on any atom is -0.313 e. The van der Waals surface area contributed by atoms with Crippen LogP contribution in [0.1, 0.15) is 59.3 Å². The first-order valence-corrected chi connectivity index (χ1v) is 8.11. The number of hydrogen-bond donors (Lipinski definition) is 1. The molecule has 0 saturated heterocycles. The van der Waals surface area contributed by atoms with Crippen molar-refractivity contribution in [3.63, 3.8) is 0 Å². The van der Waals surface area contributed by atoms with Crippen LogP contribution in [0.2, 0.25) is 0 Å². The minimum atomic E-state index is 0.474. The first-order chi connectivity index (χ1) is 8.65. The molecule has 0 spiro atoms. The molecule has 2 nitrogen and oxygen atoms in total. The quantitative estimate of drug-likeness (QED) is 0.642. The molecular weight excluding hydrogens is 220 g/mol. The first kappa shape index (κ1) is 14.3. The molecular formula is C16H32N2. The molecule has 0 aromatic rings. The van der Waals surface area contributed by atoms with E-state index in [1.54, 1.807) is 0 Å². The highest BCUT2D eigenvalue weighted by molar-refractivity contribution is 4.88. The van der Waals surface area contributed by atoms with E-state index in [9.17, 15) is 0 Å². The molecule has 2 aliphatic rings. The van der Waals surface area contributed by atoms with Gasteiger partial charge in [0.05, 0.1) is 0 Å². The highest BCUT2D eigenvalue weighted by Gasteiger charge is 2.31. The van der Waals surface area contributed by atoms with Gasteiger partial charge in [0.2, 0.25) is 0 Å². The van der Waals surface area contributed by atoms with Crippen LogP contribution in [0, 0.1) is 11.3 Å². The van der Waals surface area contributed by atoms with Crippen LogP contribution < -0.4 is 5.32 Å². The van der Waals surface area contributed by atoms with Gasteiger partial charge in [-0.15, -0.1) is 0 Å². The molecule has 1 unspecified atom stereocenters. The number of nitrogens with one attached hydrogen (secondary N) is 1. The normalized spacial score (nSPS) is 23.3. The van der Waals surface area contributed by atoms with Gasteiger partial charge in [0.1, 0.15) is 0 Å². The van der Waals surface area contributed by atoms with Gasteiger partial charge in [-0.25, -0.2) is 0 Å². The summed E-state index contributed by atoms with van der Waals surface area (Å²) in [7, 11) is 0. The van der Waals surface area contributed by atoms with Crippen LogP contribution in [0.3, 0.4) is 0 Å². The maximum Gasteiger partial charge on any atom is 0.00684 e. The third-order valence-corrected chi connectivity index (χ3v) is 4.51. The summed E-state index contributed by atoms with van der Waals surface area (Å²) in [6.45, 7) is 12.2. The Morgan fingerprint density at radius 3 is 2.39 bits per heavy atom. The van der Waals surface area contributed by atoms with E-state index in [0.717, 1.165) is 12.0 Å². The molecule has 0 aliphatic heterocycles. The zero-order valence-corrected chi connectivity index (χ0v) is 12.7. The van der Waals surface area contributed by atoms with Crippen LogP contribution in [0.25, 0.3) is 0 Å². The Hall–Kier alpha value is -0.0800. The molecule has 0 radical (unpaired) electrons. The van der Waals surface area contributed by atoms with Gasteiger partial charge in [-0.2, -0.15) is 0 Å². The monoisotopic (exact) mass is 252 g/mol. The Morgan fingerprint density at radius 2 is 1.89 bits per heavy atom. The minimum absolute atomic E-state index is 0.474. The van der Waals surface area contributed by atoms with Gasteiger partial charge in [0.15, 0.2) is 0 Å². The fourth-order valence-electron chi connectivity index (χ4n) is 3.02. The summed E-state index contributed by atoms with van der Waals surface area (Å²) in [5.41, 5.74) is 0.474. The average Bonchev–Trinajstić information content (AvgIpc) is 3.20. The van der Waals surface area contributed by atoms with Crippen molar-refractivity contribution in [3.05, 3.63) is 0 Å². The SMILES string of the molecule is CCCC(C)(CNC1CC1)CN(CC)CC1CC1. The molecule has 2 saturated carbocycles. The highest BCUT2D eigenvalue weighted by atomic mass is 15.1. The summed E-state index contributed by atoms with van der Waals surface area (Å²) in [5, 5.41) is 3.75. The predicted molar refractivity (Wildman–Crippen MR) is 78.9 cm³/mol. The lowest BCUT2D eigenvalue weighted by atomic mass is 9.84. The zero-order chi connectivity index (χ0) is 13.0. The molecule has 2 rings (SSSR count). The van der Waals surface area contributed by atoms with Crippen LogP contribution in [-0.2, 0) is 0 Å². The van der Waals surface area contributed by atoms with Gasteiger partial charge < -0.3 is 10.2 Å². The van der Waals surface area contributed by atoms with Crippen molar-refractivity contribution >= 4 is 0 Å². The third kappa shape index (κ3) is 4.89. The van der Waals surface area contributed by atoms with E-state index in [2.05, 4.69) is 31.0 Å². The molecule has 18 heavy (non-hydrogen) atoms. The largest absolute Gasteiger partial charge is 0.313 e. The Kier molecular flexibility index (Phi) is 5.08. The lowest BCUT2D eigenvalue weighted by Crippen LogP contribution is -2.43. The second kappa shape index (κ2) is 6.38. The molecule has 0 amide bonds. The van der Waals surface area contributed by atoms with Crippen molar-refractivity contribution in [3.8, 4) is 0 Å². The standard InChI is InChI=1S/C16H32N2/c1-4-10-16(3,12-17-15-8-9-15)13-18(5-2)11-14-6-7-14/h14-15,17H,4-13H2,1-3H3. The molecule has 106 valence electrons. The van der Waals surface area contributed by atoms with Gasteiger partial charge >= 0.3 is 0 Å². The summed E-state index contributed by atoms with van der Waals surface area (Å²) in [6.07, 6.45) is 8.42. The van der Waals surface area contributed by atoms with E-state index in [4.69, 9.17) is 0 Å². The van der Waals surface area contributed by atoms with Crippen LogP contribution >= 0.6 is 0 Å². The van der Waals surface area contributed by atoms with E-state index in [0.29, 0.717) is 5.41 Å². The fourth-order valence-corrected chi connectivity index (χ4v) is 3.02. The molecule has 2 fully saturated rings. The van der Waals surface area contributed by atoms with Gasteiger partial charge in [-0.1, -0.05) is 27.2 Å². The van der Waals surface area contributed by atoms with Crippen molar-refractivity contribution in [2.45, 2.75) is 65.3 Å². The maximum absolute atomic E-state index is 3.75. The maximum atomic E-state index is 3.75. The van der Waals surface area contributed by atoms with Crippen molar-refractivity contribution < 1.29 is 0 Å². The van der Waals surface area contributed by atoms with E-state index in [1.807, 2.05) is 0 Å². The van der Waals surface area contributed by atoms with Gasteiger partial charge in [0.25, 0.3) is 0 Å². The van der Waals surface area contributed by atoms with Crippen LogP contribution in [0.15, 0.2) is 0 Å². The van der Waals surface area contributed by atoms with Crippen LogP contribution in [0.5, 0.6) is 0 Å². The van der Waals surface area contributed by atoms with Crippen LogP contribution in [-0.4, -0.2) is 37.1 Å². The molecule has 2 heteroatoms. The summed E-state index contributed by atoms with van der Waals surface area (Å²) in [4.78, 5) is 2.70. The molecule has 0 aromatic heterocycles. The lowest BCUT2D eigenvalue weighted by Gasteiger charge is -2.35. The Balaban J connectivity index is 1.80. The van der Waals surface area contributed by atoms with Gasteiger partial charge in [-0.3, -0.25) is 0 Å². The summed E-state index contributed by atoms with van der Waals surface area (Å²) in [5.74, 6) is 1.02. The third-order valence-electron chi connectivity index (χ3n) is 4.51. The summed E-state index contributed by atoms with van der Waals surface area (Å²) >= 11 is 0. The van der Waals surface area contributed by atoms with Gasteiger partial charge in [-0.05, 0) is 50.0 Å². The second-order valence-corrected chi connectivity index (χ2v) is 6.99. The predicted octanol–water partition coefficient (Wildman–Crippen LogP) is 3.28. The van der Waals surface area contributed by atoms with E-state index in [1.165, 1.54) is 64.7 Å². The Bertz CT molecular complexity index is 245. The van der Waals surface area contributed by atoms with E-state index in [-0.39, 0.29) is 0 Å². The first-order valence-electron chi connectivity index (χ1n) is 8.11. The molecule has 0 heterocycles. The average molecular weight is 252 g/mol. The molecule has 0 bridgehead atoms. The number of hydrogen-bond acceptors (Lipinski definition) is 2. The smallest absolute Gasteiger partial charge is 0.00684 e. The van der Waals surface area contributed by atoms with E-state index >= 15 is 0 Å². The fraction of sp³-hybridized carbons (Fsp3) is 1.00. The van der Waals surface area contributed by atoms with Crippen molar-refractivity contribution in [1.82, 2.24) is 10.2 Å². The van der Waals surface area contributed by atoms with Crippen molar-refractivity contribution in [2.75, 3.05) is 26.2 Å². The Morgan fingerprint density at radius 1 is 1.17 bits per heavy atom. The number of nitrogens with zero attached hydrogens (tertiary/aromatic N) is 1. The molecule has 1 atom stereocenters. The molecule has 2 aliphatic carbocycles.